The fourth-order valence-electron chi connectivity index (χ4n) is 1.62. The molecular formula is C14H20N2O3. The van der Waals surface area contributed by atoms with E-state index in [9.17, 15) is 9.59 Å². The first-order chi connectivity index (χ1) is 9.01. The lowest BCUT2D eigenvalue weighted by Gasteiger charge is -2.17. The van der Waals surface area contributed by atoms with Gasteiger partial charge in [0, 0.05) is 38.3 Å². The zero-order valence-electron chi connectivity index (χ0n) is 11.6. The van der Waals surface area contributed by atoms with Crippen LogP contribution in [0.5, 0.6) is 0 Å². The zero-order valence-corrected chi connectivity index (χ0v) is 11.6. The molecule has 1 rings (SSSR count). The van der Waals surface area contributed by atoms with E-state index in [1.165, 1.54) is 4.90 Å². The lowest BCUT2D eigenvalue weighted by molar-refractivity contribution is 0.0767. The molecule has 0 aromatic heterocycles. The maximum Gasteiger partial charge on any atom is 0.253 e. The summed E-state index contributed by atoms with van der Waals surface area (Å²) in [7, 11) is 3.33. The number of hydrogen-bond acceptors (Lipinski definition) is 3. The van der Waals surface area contributed by atoms with Crippen LogP contribution in [-0.4, -0.2) is 60.5 Å². The Hall–Kier alpha value is -1.88. The summed E-state index contributed by atoms with van der Waals surface area (Å²) in [5, 5.41) is 8.83. The first kappa shape index (κ1) is 15.2. The number of hydrogen-bond donors (Lipinski definition) is 1. The molecule has 0 aliphatic rings. The number of carbonyl (C=O) groups is 2. The normalized spacial score (nSPS) is 10.1. The summed E-state index contributed by atoms with van der Waals surface area (Å²) >= 11 is 0. The third-order valence-electron chi connectivity index (χ3n) is 2.96. The van der Waals surface area contributed by atoms with Crippen molar-refractivity contribution in [2.75, 3.05) is 33.8 Å². The van der Waals surface area contributed by atoms with Gasteiger partial charge in [0.05, 0.1) is 6.61 Å². The summed E-state index contributed by atoms with van der Waals surface area (Å²) in [5.74, 6) is -0.315. The van der Waals surface area contributed by atoms with Gasteiger partial charge in [0.15, 0.2) is 0 Å². The number of rotatable bonds is 5. The van der Waals surface area contributed by atoms with Crippen LogP contribution in [0.25, 0.3) is 0 Å². The van der Waals surface area contributed by atoms with E-state index in [0.29, 0.717) is 17.7 Å². The molecule has 1 N–H and O–H groups in total. The van der Waals surface area contributed by atoms with Gasteiger partial charge >= 0.3 is 0 Å². The van der Waals surface area contributed by atoms with Gasteiger partial charge in [-0.2, -0.15) is 0 Å². The van der Waals surface area contributed by atoms with Crippen molar-refractivity contribution in [1.82, 2.24) is 9.80 Å². The third kappa shape index (κ3) is 3.79. The number of nitrogens with zero attached hydrogens (tertiary/aromatic N) is 2. The van der Waals surface area contributed by atoms with Crippen molar-refractivity contribution >= 4 is 11.8 Å². The first-order valence-electron chi connectivity index (χ1n) is 6.23. The molecular weight excluding hydrogens is 244 g/mol. The smallest absolute Gasteiger partial charge is 0.253 e. The molecule has 0 fully saturated rings. The van der Waals surface area contributed by atoms with Crippen LogP contribution in [0.2, 0.25) is 0 Å². The Morgan fingerprint density at radius 2 is 1.63 bits per heavy atom. The van der Waals surface area contributed by atoms with Crippen LogP contribution >= 0.6 is 0 Å². The highest BCUT2D eigenvalue weighted by atomic mass is 16.3. The fourth-order valence-corrected chi connectivity index (χ4v) is 1.62. The Balaban J connectivity index is 2.94. The molecule has 19 heavy (non-hydrogen) atoms. The summed E-state index contributed by atoms with van der Waals surface area (Å²) in [6, 6.07) is 6.64. The second-order valence-electron chi connectivity index (χ2n) is 4.35. The number of carbonyl (C=O) groups excluding carboxylic acids is 2. The van der Waals surface area contributed by atoms with Crippen LogP contribution in [0, 0.1) is 0 Å². The van der Waals surface area contributed by atoms with Crippen LogP contribution in [0.3, 0.4) is 0 Å². The Morgan fingerprint density at radius 3 is 2.11 bits per heavy atom. The standard InChI is InChI=1S/C14H20N2O3/c1-4-15(2)13(18)11-6-5-7-12(10-11)14(19)16(3)8-9-17/h5-7,10,17H,4,8-9H2,1-3H3. The molecule has 0 aliphatic carbocycles. The first-order valence-corrected chi connectivity index (χ1v) is 6.23. The summed E-state index contributed by atoms with van der Waals surface area (Å²) in [6.45, 7) is 2.69. The molecule has 0 saturated heterocycles. The average Bonchev–Trinajstić information content (AvgIpc) is 2.45. The highest BCUT2D eigenvalue weighted by molar-refractivity contribution is 5.99. The second kappa shape index (κ2) is 6.89. The molecule has 0 bridgehead atoms. The van der Waals surface area contributed by atoms with E-state index < -0.39 is 0 Å². The number of aliphatic hydroxyl groups excluding tert-OH is 1. The van der Waals surface area contributed by atoms with Crippen molar-refractivity contribution in [3.63, 3.8) is 0 Å². The van der Waals surface area contributed by atoms with Gasteiger partial charge in [0.25, 0.3) is 11.8 Å². The molecule has 0 atom stereocenters. The van der Waals surface area contributed by atoms with Gasteiger partial charge in [-0.25, -0.2) is 0 Å². The molecule has 0 unspecified atom stereocenters. The van der Waals surface area contributed by atoms with Crippen LogP contribution in [0.4, 0.5) is 0 Å². The minimum atomic E-state index is -0.206. The number of amides is 2. The van der Waals surface area contributed by atoms with Gasteiger partial charge < -0.3 is 14.9 Å². The largest absolute Gasteiger partial charge is 0.395 e. The quantitative estimate of drug-likeness (QED) is 0.857. The summed E-state index contributed by atoms with van der Waals surface area (Å²) < 4.78 is 0. The van der Waals surface area contributed by atoms with Gasteiger partial charge in [-0.1, -0.05) is 6.07 Å². The summed E-state index contributed by atoms with van der Waals surface area (Å²) in [4.78, 5) is 27.1. The Morgan fingerprint density at radius 1 is 1.11 bits per heavy atom. The minimum absolute atomic E-state index is 0.0839. The fraction of sp³-hybridized carbons (Fsp3) is 0.429. The van der Waals surface area contributed by atoms with Gasteiger partial charge in [0.1, 0.15) is 0 Å². The molecule has 104 valence electrons. The van der Waals surface area contributed by atoms with Crippen LogP contribution in [0.1, 0.15) is 27.6 Å². The Bertz CT molecular complexity index is 460. The van der Waals surface area contributed by atoms with Crippen molar-refractivity contribution in [2.24, 2.45) is 0 Å². The van der Waals surface area contributed by atoms with Crippen LogP contribution < -0.4 is 0 Å². The summed E-state index contributed by atoms with van der Waals surface area (Å²) in [5.41, 5.74) is 0.943. The van der Waals surface area contributed by atoms with Crippen molar-refractivity contribution in [3.8, 4) is 0 Å². The van der Waals surface area contributed by atoms with E-state index in [1.54, 1.807) is 43.3 Å². The maximum atomic E-state index is 12.0. The monoisotopic (exact) mass is 264 g/mol. The molecule has 0 aliphatic heterocycles. The molecule has 1 aromatic carbocycles. The molecule has 0 radical (unpaired) electrons. The number of likely N-dealkylation sites (N-methyl/N-ethyl adjacent to an activating group) is 1. The van der Waals surface area contributed by atoms with E-state index in [2.05, 4.69) is 0 Å². The predicted octanol–water partition coefficient (Wildman–Crippen LogP) is 0.843. The van der Waals surface area contributed by atoms with Crippen LogP contribution in [-0.2, 0) is 0 Å². The lowest BCUT2D eigenvalue weighted by Crippen LogP contribution is -2.30. The topological polar surface area (TPSA) is 60.9 Å². The Labute approximate surface area is 113 Å². The molecule has 1 aromatic rings. The molecule has 0 spiro atoms. The molecule has 5 heteroatoms. The van der Waals surface area contributed by atoms with E-state index >= 15 is 0 Å². The highest BCUT2D eigenvalue weighted by Crippen LogP contribution is 2.10. The lowest BCUT2D eigenvalue weighted by atomic mass is 10.1. The van der Waals surface area contributed by atoms with E-state index in [-0.39, 0.29) is 25.0 Å². The molecule has 5 nitrogen and oxygen atoms in total. The van der Waals surface area contributed by atoms with Gasteiger partial charge in [-0.15, -0.1) is 0 Å². The zero-order chi connectivity index (χ0) is 14.4. The van der Waals surface area contributed by atoms with E-state index in [1.807, 2.05) is 6.92 Å². The highest BCUT2D eigenvalue weighted by Gasteiger charge is 2.15. The van der Waals surface area contributed by atoms with Crippen molar-refractivity contribution in [1.29, 1.82) is 0 Å². The van der Waals surface area contributed by atoms with Crippen molar-refractivity contribution in [2.45, 2.75) is 6.92 Å². The van der Waals surface area contributed by atoms with E-state index in [0.717, 1.165) is 0 Å². The number of aliphatic hydroxyl groups is 1. The Kier molecular flexibility index (Phi) is 5.51. The number of benzene rings is 1. The van der Waals surface area contributed by atoms with Gasteiger partial charge in [0.2, 0.25) is 0 Å². The summed E-state index contributed by atoms with van der Waals surface area (Å²) in [6.07, 6.45) is 0. The predicted molar refractivity (Wildman–Crippen MR) is 73.1 cm³/mol. The minimum Gasteiger partial charge on any atom is -0.395 e. The van der Waals surface area contributed by atoms with Crippen LogP contribution in [0.15, 0.2) is 24.3 Å². The van der Waals surface area contributed by atoms with Gasteiger partial charge in [-0.3, -0.25) is 9.59 Å². The van der Waals surface area contributed by atoms with Crippen molar-refractivity contribution < 1.29 is 14.7 Å². The van der Waals surface area contributed by atoms with E-state index in [4.69, 9.17) is 5.11 Å². The maximum absolute atomic E-state index is 12.0. The molecule has 0 saturated carbocycles. The second-order valence-corrected chi connectivity index (χ2v) is 4.35. The third-order valence-corrected chi connectivity index (χ3v) is 2.96. The average molecular weight is 264 g/mol. The molecule has 2 amide bonds. The SMILES string of the molecule is CCN(C)C(=O)c1cccc(C(=O)N(C)CCO)c1. The van der Waals surface area contributed by atoms with Crippen molar-refractivity contribution in [3.05, 3.63) is 35.4 Å². The molecule has 0 heterocycles. The van der Waals surface area contributed by atoms with Gasteiger partial charge in [-0.05, 0) is 25.1 Å².